The van der Waals surface area contributed by atoms with Crippen LogP contribution in [-0.2, 0) is 0 Å². The predicted octanol–water partition coefficient (Wildman–Crippen LogP) is 13.5. The van der Waals surface area contributed by atoms with Crippen molar-refractivity contribution in [2.45, 2.75) is 0 Å². The van der Waals surface area contributed by atoms with E-state index in [4.69, 9.17) is 13.8 Å². The third-order valence-electron chi connectivity index (χ3n) is 9.85. The lowest BCUT2D eigenvalue weighted by molar-refractivity contribution is 0.620. The number of rotatable bonds is 4. The number of para-hydroxylation sites is 1. The van der Waals surface area contributed by atoms with Crippen LogP contribution in [0.2, 0.25) is 0 Å². The minimum absolute atomic E-state index is 0.585. The maximum atomic E-state index is 6.61. The molecule has 0 radical (unpaired) electrons. The fourth-order valence-electron chi connectivity index (χ4n) is 7.59. The smallest absolute Gasteiger partial charge is 0.228 e. The summed E-state index contributed by atoms with van der Waals surface area (Å²) in [6.07, 6.45) is 0. The van der Waals surface area contributed by atoms with Crippen molar-refractivity contribution < 1.29 is 8.83 Å². The fraction of sp³-hybridized carbons (Fsp3) is 0. The number of hydrogen-bond acceptors (Lipinski definition) is 5. The zero-order valence-corrected chi connectivity index (χ0v) is 27.4. The second-order valence-electron chi connectivity index (χ2n) is 12.7. The van der Waals surface area contributed by atoms with Gasteiger partial charge in [0.25, 0.3) is 0 Å². The van der Waals surface area contributed by atoms with Gasteiger partial charge in [-0.3, -0.25) is 0 Å². The molecule has 11 aromatic rings. The number of hydrogen-bond donors (Lipinski definition) is 0. The van der Waals surface area contributed by atoms with Gasteiger partial charge in [0.05, 0.1) is 5.69 Å². The second-order valence-corrected chi connectivity index (χ2v) is 13.8. The summed E-state index contributed by atoms with van der Waals surface area (Å²) in [5, 5.41) is 9.34. The first-order chi connectivity index (χ1) is 24.8. The van der Waals surface area contributed by atoms with Crippen molar-refractivity contribution in [1.29, 1.82) is 0 Å². The summed E-state index contributed by atoms with van der Waals surface area (Å²) in [4.78, 5) is 7.30. The second kappa shape index (κ2) is 10.5. The fourth-order valence-corrected chi connectivity index (χ4v) is 8.84. The van der Waals surface area contributed by atoms with Crippen LogP contribution in [0.1, 0.15) is 0 Å². The highest BCUT2D eigenvalue weighted by molar-refractivity contribution is 7.26. The summed E-state index contributed by atoms with van der Waals surface area (Å²) in [7, 11) is 0. The molecule has 0 saturated heterocycles. The van der Waals surface area contributed by atoms with E-state index in [0.717, 1.165) is 66.4 Å². The number of benzene rings is 8. The molecule has 4 nitrogen and oxygen atoms in total. The summed E-state index contributed by atoms with van der Waals surface area (Å²) in [6.45, 7) is 0. The van der Waals surface area contributed by atoms with Crippen molar-refractivity contribution in [3.63, 3.8) is 0 Å². The van der Waals surface area contributed by atoms with E-state index in [9.17, 15) is 0 Å². The zero-order chi connectivity index (χ0) is 32.8. The Bertz CT molecular complexity index is 3060. The molecule has 50 heavy (non-hydrogen) atoms. The molecule has 0 aliphatic carbocycles. The molecule has 8 aromatic carbocycles. The molecule has 11 rings (SSSR count). The quantitative estimate of drug-likeness (QED) is 0.189. The van der Waals surface area contributed by atoms with Gasteiger partial charge in [-0.1, -0.05) is 91.0 Å². The molecule has 0 fully saturated rings. The number of aromatic nitrogens is 1. The van der Waals surface area contributed by atoms with Crippen LogP contribution in [0.4, 0.5) is 17.1 Å². The van der Waals surface area contributed by atoms with Crippen molar-refractivity contribution in [1.82, 2.24) is 4.98 Å². The van der Waals surface area contributed by atoms with Gasteiger partial charge >= 0.3 is 0 Å². The molecule has 234 valence electrons. The van der Waals surface area contributed by atoms with E-state index in [-0.39, 0.29) is 0 Å². The Kier molecular flexibility index (Phi) is 5.80. The van der Waals surface area contributed by atoms with E-state index >= 15 is 0 Å². The summed E-state index contributed by atoms with van der Waals surface area (Å²) >= 11 is 1.86. The Morgan fingerprint density at radius 1 is 0.480 bits per heavy atom. The van der Waals surface area contributed by atoms with Crippen LogP contribution in [0.3, 0.4) is 0 Å². The van der Waals surface area contributed by atoms with Crippen molar-refractivity contribution in [2.24, 2.45) is 0 Å². The lowest BCUT2D eigenvalue weighted by Gasteiger charge is -2.26. The Morgan fingerprint density at radius 3 is 2.16 bits per heavy atom. The number of fused-ring (bicyclic) bond motifs is 10. The van der Waals surface area contributed by atoms with Crippen molar-refractivity contribution >= 4 is 103 Å². The maximum absolute atomic E-state index is 6.61. The highest BCUT2D eigenvalue weighted by Gasteiger charge is 2.22. The number of nitrogens with zero attached hydrogens (tertiary/aromatic N) is 2. The highest BCUT2D eigenvalue weighted by atomic mass is 32.1. The molecule has 0 N–H and O–H groups in total. The zero-order valence-electron chi connectivity index (χ0n) is 26.6. The van der Waals surface area contributed by atoms with E-state index in [0.29, 0.717) is 5.89 Å². The standard InChI is InChI=1S/C45H26N2O2S/c1-2-13-30(14-3-1)47(37-17-9-19-41-43(37)34-22-20-27-10-6-7-15-32(27)44(34)50-41)31-21-23-33-39(26-31)48-38-18-8-16-35(42(33)38)45-46-36-24-28-11-4-5-12-29(28)25-40(36)49-45/h1-26H. The van der Waals surface area contributed by atoms with Crippen LogP contribution >= 0.6 is 11.3 Å². The molecule has 3 heterocycles. The first-order valence-electron chi connectivity index (χ1n) is 16.7. The number of furan rings is 1. The minimum atomic E-state index is 0.585. The monoisotopic (exact) mass is 658 g/mol. The van der Waals surface area contributed by atoms with E-state index in [1.54, 1.807) is 0 Å². The van der Waals surface area contributed by atoms with Crippen LogP contribution in [0, 0.1) is 0 Å². The molecule has 0 amide bonds. The molecule has 0 unspecified atom stereocenters. The van der Waals surface area contributed by atoms with Gasteiger partial charge in [0.1, 0.15) is 16.7 Å². The Balaban J connectivity index is 1.11. The minimum Gasteiger partial charge on any atom is -0.456 e. The molecule has 0 atom stereocenters. The normalized spacial score (nSPS) is 12.0. The van der Waals surface area contributed by atoms with Crippen molar-refractivity contribution in [3.05, 3.63) is 158 Å². The SMILES string of the molecule is c1ccc(N(c2ccc3c(c2)oc2cccc(-c4nc5cc6ccccc6cc5o4)c23)c2cccc3sc4c5ccccc5ccc4c23)cc1. The number of anilines is 3. The Morgan fingerprint density at radius 2 is 1.26 bits per heavy atom. The van der Waals surface area contributed by atoms with Gasteiger partial charge in [-0.15, -0.1) is 11.3 Å². The molecule has 0 bridgehead atoms. The average molecular weight is 659 g/mol. The number of thiophene rings is 1. The number of oxazole rings is 1. The molecule has 3 aromatic heterocycles. The highest BCUT2D eigenvalue weighted by Crippen LogP contribution is 2.47. The van der Waals surface area contributed by atoms with Crippen LogP contribution in [0.5, 0.6) is 0 Å². The Labute approximate surface area is 290 Å². The average Bonchev–Trinajstić information content (AvgIpc) is 3.87. The molecule has 0 saturated carbocycles. The van der Waals surface area contributed by atoms with E-state index < -0.39 is 0 Å². The third kappa shape index (κ3) is 4.08. The van der Waals surface area contributed by atoms with Crippen molar-refractivity contribution in [2.75, 3.05) is 4.90 Å². The summed E-state index contributed by atoms with van der Waals surface area (Å²) < 4.78 is 15.6. The van der Waals surface area contributed by atoms with Gasteiger partial charge < -0.3 is 13.7 Å². The van der Waals surface area contributed by atoms with Gasteiger partial charge in [-0.2, -0.15) is 0 Å². The van der Waals surface area contributed by atoms with Crippen LogP contribution < -0.4 is 4.90 Å². The molecule has 0 spiro atoms. The largest absolute Gasteiger partial charge is 0.456 e. The molecule has 0 aliphatic heterocycles. The summed E-state index contributed by atoms with van der Waals surface area (Å²) in [6, 6.07) is 55.5. The van der Waals surface area contributed by atoms with Gasteiger partial charge in [-0.05, 0) is 82.2 Å². The van der Waals surface area contributed by atoms with Gasteiger partial charge in [-0.25, -0.2) is 4.98 Å². The van der Waals surface area contributed by atoms with Crippen LogP contribution in [0.15, 0.2) is 167 Å². The summed E-state index contributed by atoms with van der Waals surface area (Å²) in [5.41, 5.74) is 7.36. The summed E-state index contributed by atoms with van der Waals surface area (Å²) in [5.74, 6) is 0.585. The predicted molar refractivity (Wildman–Crippen MR) is 209 cm³/mol. The maximum Gasteiger partial charge on any atom is 0.228 e. The topological polar surface area (TPSA) is 42.4 Å². The molecule has 0 aliphatic rings. The molecular formula is C45H26N2O2S. The van der Waals surface area contributed by atoms with Gasteiger partial charge in [0, 0.05) is 53.9 Å². The Hall–Kier alpha value is -6.43. The molecule has 5 heteroatoms. The van der Waals surface area contributed by atoms with Gasteiger partial charge in [0.15, 0.2) is 5.58 Å². The third-order valence-corrected chi connectivity index (χ3v) is 11.0. The van der Waals surface area contributed by atoms with Crippen molar-refractivity contribution in [3.8, 4) is 11.5 Å². The molecular weight excluding hydrogens is 633 g/mol. The van der Waals surface area contributed by atoms with E-state index in [1.165, 1.54) is 30.9 Å². The van der Waals surface area contributed by atoms with Gasteiger partial charge in [0.2, 0.25) is 5.89 Å². The first-order valence-corrected chi connectivity index (χ1v) is 17.5. The van der Waals surface area contributed by atoms with Crippen LogP contribution in [-0.4, -0.2) is 4.98 Å². The van der Waals surface area contributed by atoms with Crippen LogP contribution in [0.25, 0.3) is 86.2 Å². The van der Waals surface area contributed by atoms with E-state index in [2.05, 4.69) is 138 Å². The lowest BCUT2D eigenvalue weighted by atomic mass is 10.0. The van der Waals surface area contributed by atoms with E-state index in [1.807, 2.05) is 35.6 Å². The lowest BCUT2D eigenvalue weighted by Crippen LogP contribution is -2.10. The first kappa shape index (κ1) is 27.5.